The average Bonchev–Trinajstić information content (AvgIpc) is 3.43. The third-order valence-corrected chi connectivity index (χ3v) is 6.43. The number of fused-ring (bicyclic) bond motifs is 1. The number of carbonyl (C=O) groups is 2. The first-order chi connectivity index (χ1) is 16.1. The molecule has 0 spiro atoms. The third-order valence-electron chi connectivity index (χ3n) is 5.51. The minimum atomic E-state index is -0.238. The van der Waals surface area contributed by atoms with Crippen LogP contribution >= 0.6 is 11.8 Å². The third kappa shape index (κ3) is 4.60. The molecule has 0 aliphatic carbocycles. The van der Waals surface area contributed by atoms with E-state index in [4.69, 9.17) is 14.2 Å². The Balaban J connectivity index is 1.41. The Morgan fingerprint density at radius 1 is 1.09 bits per heavy atom. The van der Waals surface area contributed by atoms with E-state index in [0.717, 1.165) is 11.1 Å². The zero-order chi connectivity index (χ0) is 22.8. The highest BCUT2D eigenvalue weighted by Crippen LogP contribution is 2.34. The molecule has 8 nitrogen and oxygen atoms in total. The summed E-state index contributed by atoms with van der Waals surface area (Å²) in [7, 11) is 0. The van der Waals surface area contributed by atoms with Crippen LogP contribution in [-0.4, -0.2) is 60.7 Å². The van der Waals surface area contributed by atoms with Crippen molar-refractivity contribution in [2.75, 3.05) is 43.7 Å². The minimum Gasteiger partial charge on any atom is -0.454 e. The van der Waals surface area contributed by atoms with Gasteiger partial charge in [-0.1, -0.05) is 35.5 Å². The molecule has 2 aromatic carbocycles. The Morgan fingerprint density at radius 3 is 2.64 bits per heavy atom. The summed E-state index contributed by atoms with van der Waals surface area (Å²) < 4.78 is 16.1. The van der Waals surface area contributed by atoms with Gasteiger partial charge in [-0.2, -0.15) is 0 Å². The van der Waals surface area contributed by atoms with Gasteiger partial charge in [-0.3, -0.25) is 14.5 Å². The quantitative estimate of drug-likeness (QED) is 0.646. The van der Waals surface area contributed by atoms with Crippen LogP contribution in [0, 0.1) is 6.92 Å². The summed E-state index contributed by atoms with van der Waals surface area (Å²) in [5.41, 5.74) is 2.89. The topological polar surface area (TPSA) is 80.7 Å². The molecule has 2 aromatic rings. The summed E-state index contributed by atoms with van der Waals surface area (Å²) in [4.78, 5) is 34.0. The maximum Gasteiger partial charge on any atom is 0.283 e. The molecular formula is C24H23N3O5S. The molecule has 33 heavy (non-hydrogen) atoms. The SMILES string of the molecule is Cc1ccc(N2C(=O)C(=Cc3ccc4c(c3)OCO4)N=C2SCC(=O)N2CCOCC2)cc1. The lowest BCUT2D eigenvalue weighted by Gasteiger charge is -2.27. The Bertz CT molecular complexity index is 1140. The van der Waals surface area contributed by atoms with Crippen molar-refractivity contribution in [2.45, 2.75) is 6.92 Å². The smallest absolute Gasteiger partial charge is 0.283 e. The number of amides is 2. The largest absolute Gasteiger partial charge is 0.454 e. The first kappa shape index (κ1) is 21.5. The second kappa shape index (κ2) is 9.29. The molecule has 0 N–H and O–H groups in total. The lowest BCUT2D eigenvalue weighted by molar-refractivity contribution is -0.132. The van der Waals surface area contributed by atoms with Gasteiger partial charge in [-0.25, -0.2) is 4.99 Å². The van der Waals surface area contributed by atoms with Gasteiger partial charge < -0.3 is 19.1 Å². The van der Waals surface area contributed by atoms with Crippen molar-refractivity contribution in [3.8, 4) is 11.5 Å². The molecule has 0 atom stereocenters. The highest BCUT2D eigenvalue weighted by molar-refractivity contribution is 8.14. The number of nitrogens with zero attached hydrogens (tertiary/aromatic N) is 3. The van der Waals surface area contributed by atoms with Crippen LogP contribution in [0.5, 0.6) is 11.5 Å². The molecular weight excluding hydrogens is 442 g/mol. The Kier molecular flexibility index (Phi) is 6.06. The Morgan fingerprint density at radius 2 is 1.85 bits per heavy atom. The first-order valence-electron chi connectivity index (χ1n) is 10.7. The highest BCUT2D eigenvalue weighted by Gasteiger charge is 2.33. The minimum absolute atomic E-state index is 0.00973. The van der Waals surface area contributed by atoms with Crippen LogP contribution in [-0.2, 0) is 14.3 Å². The van der Waals surface area contributed by atoms with Crippen molar-refractivity contribution in [2.24, 2.45) is 4.99 Å². The molecule has 0 unspecified atom stereocenters. The number of aliphatic imine (C=N–C) groups is 1. The van der Waals surface area contributed by atoms with Gasteiger partial charge in [0.25, 0.3) is 5.91 Å². The molecule has 0 saturated carbocycles. The molecule has 3 aliphatic rings. The molecule has 3 heterocycles. The van der Waals surface area contributed by atoms with E-state index in [0.29, 0.717) is 54.4 Å². The van der Waals surface area contributed by atoms with Crippen LogP contribution in [0.3, 0.4) is 0 Å². The van der Waals surface area contributed by atoms with Crippen LogP contribution in [0.15, 0.2) is 53.2 Å². The second-order valence-corrected chi connectivity index (χ2v) is 8.74. The fraction of sp³-hybridized carbons (Fsp3) is 0.292. The summed E-state index contributed by atoms with van der Waals surface area (Å²) in [6.07, 6.45) is 1.73. The van der Waals surface area contributed by atoms with Crippen molar-refractivity contribution in [3.63, 3.8) is 0 Å². The van der Waals surface area contributed by atoms with E-state index in [2.05, 4.69) is 4.99 Å². The molecule has 3 aliphatic heterocycles. The summed E-state index contributed by atoms with van der Waals surface area (Å²) >= 11 is 1.27. The molecule has 1 fully saturated rings. The van der Waals surface area contributed by atoms with Crippen LogP contribution < -0.4 is 14.4 Å². The van der Waals surface area contributed by atoms with E-state index >= 15 is 0 Å². The summed E-state index contributed by atoms with van der Waals surface area (Å²) in [6, 6.07) is 13.2. The van der Waals surface area contributed by atoms with E-state index < -0.39 is 0 Å². The van der Waals surface area contributed by atoms with Crippen LogP contribution in [0.1, 0.15) is 11.1 Å². The van der Waals surface area contributed by atoms with Crippen LogP contribution in [0.25, 0.3) is 6.08 Å². The standard InChI is InChI=1S/C24H23N3O5S/c1-16-2-5-18(6-3-16)27-23(29)19(12-17-4-7-20-21(13-17)32-15-31-20)25-24(27)33-14-22(28)26-8-10-30-11-9-26/h2-7,12-13H,8-11,14-15H2,1H3. The zero-order valence-electron chi connectivity index (χ0n) is 18.2. The van der Waals surface area contributed by atoms with Crippen molar-refractivity contribution >= 4 is 40.5 Å². The summed E-state index contributed by atoms with van der Waals surface area (Å²) in [5.74, 6) is 1.29. The zero-order valence-corrected chi connectivity index (χ0v) is 19.0. The number of hydrogen-bond acceptors (Lipinski definition) is 7. The molecule has 1 saturated heterocycles. The number of ether oxygens (including phenoxy) is 3. The van der Waals surface area contributed by atoms with Gasteiger partial charge in [0.2, 0.25) is 12.7 Å². The van der Waals surface area contributed by atoms with E-state index in [1.807, 2.05) is 49.4 Å². The predicted octanol–water partition coefficient (Wildman–Crippen LogP) is 3.06. The molecule has 0 radical (unpaired) electrons. The van der Waals surface area contributed by atoms with Crippen LogP contribution in [0.4, 0.5) is 5.69 Å². The predicted molar refractivity (Wildman–Crippen MR) is 126 cm³/mol. The molecule has 0 bridgehead atoms. The van der Waals surface area contributed by atoms with Crippen molar-refractivity contribution in [1.29, 1.82) is 0 Å². The average molecular weight is 466 g/mol. The van der Waals surface area contributed by atoms with Gasteiger partial charge in [-0.15, -0.1) is 0 Å². The number of hydrogen-bond donors (Lipinski definition) is 0. The lowest BCUT2D eigenvalue weighted by Crippen LogP contribution is -2.42. The van der Waals surface area contributed by atoms with Gasteiger partial charge in [0.05, 0.1) is 24.7 Å². The fourth-order valence-corrected chi connectivity index (χ4v) is 4.62. The van der Waals surface area contributed by atoms with E-state index in [-0.39, 0.29) is 24.4 Å². The van der Waals surface area contributed by atoms with E-state index in [9.17, 15) is 9.59 Å². The molecule has 5 rings (SSSR count). The number of benzene rings is 2. The molecule has 0 aromatic heterocycles. The van der Waals surface area contributed by atoms with Crippen molar-refractivity contribution < 1.29 is 23.8 Å². The number of thioether (sulfide) groups is 1. The molecule has 2 amide bonds. The van der Waals surface area contributed by atoms with Crippen molar-refractivity contribution in [3.05, 3.63) is 59.3 Å². The lowest BCUT2D eigenvalue weighted by atomic mass is 10.1. The second-order valence-electron chi connectivity index (χ2n) is 7.79. The van der Waals surface area contributed by atoms with Gasteiger partial charge in [0.1, 0.15) is 5.70 Å². The van der Waals surface area contributed by atoms with Gasteiger partial charge in [-0.05, 0) is 42.8 Å². The van der Waals surface area contributed by atoms with Crippen LogP contribution in [0.2, 0.25) is 0 Å². The van der Waals surface area contributed by atoms with Gasteiger partial charge in [0.15, 0.2) is 16.7 Å². The molecule has 9 heteroatoms. The monoisotopic (exact) mass is 465 g/mol. The maximum atomic E-state index is 13.3. The van der Waals surface area contributed by atoms with E-state index in [1.165, 1.54) is 11.8 Å². The maximum absolute atomic E-state index is 13.3. The number of carbonyl (C=O) groups excluding carboxylic acids is 2. The fourth-order valence-electron chi connectivity index (χ4n) is 3.71. The van der Waals surface area contributed by atoms with E-state index in [1.54, 1.807) is 15.9 Å². The summed E-state index contributed by atoms with van der Waals surface area (Å²) in [5, 5.41) is 0.484. The highest BCUT2D eigenvalue weighted by atomic mass is 32.2. The number of aryl methyl sites for hydroxylation is 1. The Hall–Kier alpha value is -3.30. The normalized spacial score (nSPS) is 18.8. The van der Waals surface area contributed by atoms with Crippen molar-refractivity contribution in [1.82, 2.24) is 4.90 Å². The number of amidine groups is 1. The van der Waals surface area contributed by atoms with Gasteiger partial charge >= 0.3 is 0 Å². The Labute approximate surface area is 195 Å². The number of anilines is 1. The first-order valence-corrected chi connectivity index (χ1v) is 11.7. The number of rotatable bonds is 4. The molecule has 170 valence electrons. The summed E-state index contributed by atoms with van der Waals surface area (Å²) in [6.45, 7) is 4.45. The number of morpholine rings is 1. The van der Waals surface area contributed by atoms with Gasteiger partial charge in [0, 0.05) is 13.1 Å².